The predicted molar refractivity (Wildman–Crippen MR) is 78.4 cm³/mol. The van der Waals surface area contributed by atoms with E-state index in [0.717, 1.165) is 11.3 Å². The summed E-state index contributed by atoms with van der Waals surface area (Å²) in [6.07, 6.45) is 3.66. The topological polar surface area (TPSA) is 56.0 Å². The number of imidazole rings is 1. The monoisotopic (exact) mass is 284 g/mol. The van der Waals surface area contributed by atoms with E-state index >= 15 is 0 Å². The molecule has 3 rings (SSSR count). The Morgan fingerprint density at radius 3 is 2.71 bits per heavy atom. The molecular weight excluding hydrogens is 268 g/mol. The number of rotatable bonds is 5. The molecule has 0 amide bonds. The lowest BCUT2D eigenvalue weighted by Crippen LogP contribution is -1.97. The Labute approximate surface area is 122 Å². The zero-order valence-corrected chi connectivity index (χ0v) is 11.7. The van der Waals surface area contributed by atoms with Crippen LogP contribution in [0.25, 0.3) is 5.65 Å². The molecule has 0 atom stereocenters. The first-order valence-corrected chi connectivity index (χ1v) is 6.63. The van der Waals surface area contributed by atoms with E-state index in [2.05, 4.69) is 4.98 Å². The SMILES string of the molecule is COc1ccc(COc2cccn3cc(CO)nc23)cc1. The first kappa shape index (κ1) is 13.5. The average molecular weight is 284 g/mol. The van der Waals surface area contributed by atoms with Gasteiger partial charge in [0.2, 0.25) is 0 Å². The van der Waals surface area contributed by atoms with Gasteiger partial charge in [-0.1, -0.05) is 12.1 Å². The third kappa shape index (κ3) is 2.83. The molecule has 0 aliphatic carbocycles. The van der Waals surface area contributed by atoms with Crippen molar-refractivity contribution in [2.45, 2.75) is 13.2 Å². The molecule has 5 nitrogen and oxygen atoms in total. The van der Waals surface area contributed by atoms with Gasteiger partial charge in [-0.2, -0.15) is 0 Å². The average Bonchev–Trinajstić information content (AvgIpc) is 2.97. The van der Waals surface area contributed by atoms with E-state index in [9.17, 15) is 0 Å². The highest BCUT2D eigenvalue weighted by Crippen LogP contribution is 2.21. The molecule has 0 aliphatic heterocycles. The van der Waals surface area contributed by atoms with Crippen LogP contribution in [0.3, 0.4) is 0 Å². The van der Waals surface area contributed by atoms with E-state index in [4.69, 9.17) is 14.6 Å². The Hall–Kier alpha value is -2.53. The smallest absolute Gasteiger partial charge is 0.180 e. The van der Waals surface area contributed by atoms with Crippen LogP contribution in [0.5, 0.6) is 11.5 Å². The van der Waals surface area contributed by atoms with Crippen molar-refractivity contribution in [2.75, 3.05) is 7.11 Å². The minimum atomic E-state index is -0.0837. The van der Waals surface area contributed by atoms with Gasteiger partial charge < -0.3 is 19.0 Å². The molecule has 2 aromatic heterocycles. The van der Waals surface area contributed by atoms with Crippen LogP contribution in [0.4, 0.5) is 0 Å². The number of pyridine rings is 1. The number of methoxy groups -OCH3 is 1. The quantitative estimate of drug-likeness (QED) is 0.781. The third-order valence-electron chi connectivity index (χ3n) is 3.21. The number of aromatic nitrogens is 2. The van der Waals surface area contributed by atoms with E-state index in [1.54, 1.807) is 13.3 Å². The summed E-state index contributed by atoms with van der Waals surface area (Å²) < 4.78 is 12.8. The number of nitrogens with zero attached hydrogens (tertiary/aromatic N) is 2. The maximum atomic E-state index is 9.16. The van der Waals surface area contributed by atoms with Gasteiger partial charge in [-0.05, 0) is 29.8 Å². The fourth-order valence-corrected chi connectivity index (χ4v) is 2.11. The highest BCUT2D eigenvalue weighted by Gasteiger charge is 2.07. The van der Waals surface area contributed by atoms with Gasteiger partial charge in [0.25, 0.3) is 0 Å². The van der Waals surface area contributed by atoms with Crippen molar-refractivity contribution in [3.8, 4) is 11.5 Å². The Balaban J connectivity index is 1.79. The minimum Gasteiger partial charge on any atom is -0.497 e. The molecule has 0 unspecified atom stereocenters. The summed E-state index contributed by atoms with van der Waals surface area (Å²) in [7, 11) is 1.64. The Morgan fingerprint density at radius 1 is 1.19 bits per heavy atom. The van der Waals surface area contributed by atoms with Crippen molar-refractivity contribution >= 4 is 5.65 Å². The van der Waals surface area contributed by atoms with Gasteiger partial charge in [-0.15, -0.1) is 0 Å². The molecule has 0 bridgehead atoms. The number of aliphatic hydroxyl groups is 1. The van der Waals surface area contributed by atoms with Crippen molar-refractivity contribution in [1.82, 2.24) is 9.38 Å². The number of hydrogen-bond acceptors (Lipinski definition) is 4. The molecule has 0 aliphatic rings. The van der Waals surface area contributed by atoms with Gasteiger partial charge in [0.15, 0.2) is 11.4 Å². The maximum absolute atomic E-state index is 9.16. The number of ether oxygens (including phenoxy) is 2. The molecule has 0 spiro atoms. The summed E-state index contributed by atoms with van der Waals surface area (Å²) in [4.78, 5) is 4.34. The van der Waals surface area contributed by atoms with Gasteiger partial charge >= 0.3 is 0 Å². The largest absolute Gasteiger partial charge is 0.497 e. The van der Waals surface area contributed by atoms with Crippen LogP contribution in [0, 0.1) is 0 Å². The van der Waals surface area contributed by atoms with E-state index in [0.29, 0.717) is 23.7 Å². The van der Waals surface area contributed by atoms with Crippen molar-refractivity contribution in [2.24, 2.45) is 0 Å². The fraction of sp³-hybridized carbons (Fsp3) is 0.188. The highest BCUT2D eigenvalue weighted by atomic mass is 16.5. The number of hydrogen-bond donors (Lipinski definition) is 1. The van der Waals surface area contributed by atoms with Crippen LogP contribution < -0.4 is 9.47 Å². The van der Waals surface area contributed by atoms with Gasteiger partial charge in [-0.3, -0.25) is 0 Å². The van der Waals surface area contributed by atoms with E-state index in [-0.39, 0.29) is 6.61 Å². The Kier molecular flexibility index (Phi) is 3.75. The van der Waals surface area contributed by atoms with Crippen LogP contribution in [0.15, 0.2) is 48.8 Å². The maximum Gasteiger partial charge on any atom is 0.180 e. The minimum absolute atomic E-state index is 0.0837. The molecule has 0 radical (unpaired) electrons. The van der Waals surface area contributed by atoms with Crippen molar-refractivity contribution in [3.05, 3.63) is 60.0 Å². The van der Waals surface area contributed by atoms with Crippen molar-refractivity contribution in [1.29, 1.82) is 0 Å². The summed E-state index contributed by atoms with van der Waals surface area (Å²) in [6.45, 7) is 0.366. The lowest BCUT2D eigenvalue weighted by molar-refractivity contribution is 0.277. The van der Waals surface area contributed by atoms with Crippen LogP contribution >= 0.6 is 0 Å². The number of aliphatic hydroxyl groups excluding tert-OH is 1. The first-order chi connectivity index (χ1) is 10.3. The summed E-state index contributed by atoms with van der Waals surface area (Å²) in [5.74, 6) is 1.51. The van der Waals surface area contributed by atoms with Crippen molar-refractivity contribution < 1.29 is 14.6 Å². The normalized spacial score (nSPS) is 10.8. The van der Waals surface area contributed by atoms with Crippen LogP contribution in [-0.2, 0) is 13.2 Å². The number of fused-ring (bicyclic) bond motifs is 1. The molecule has 5 heteroatoms. The Bertz CT molecular complexity index is 735. The zero-order valence-electron chi connectivity index (χ0n) is 11.7. The Morgan fingerprint density at radius 2 is 2.00 bits per heavy atom. The fourth-order valence-electron chi connectivity index (χ4n) is 2.11. The molecule has 3 aromatic rings. The second kappa shape index (κ2) is 5.85. The molecule has 108 valence electrons. The standard InChI is InChI=1S/C16H16N2O3/c1-20-14-6-4-12(5-7-14)11-21-15-3-2-8-18-9-13(10-19)17-16(15)18/h2-9,19H,10-11H2,1H3. The highest BCUT2D eigenvalue weighted by molar-refractivity contribution is 5.54. The lowest BCUT2D eigenvalue weighted by Gasteiger charge is -2.08. The molecular formula is C16H16N2O3. The van der Waals surface area contributed by atoms with E-state index < -0.39 is 0 Å². The molecule has 0 fully saturated rings. The van der Waals surface area contributed by atoms with Gasteiger partial charge in [0.1, 0.15) is 12.4 Å². The first-order valence-electron chi connectivity index (χ1n) is 6.63. The summed E-state index contributed by atoms with van der Waals surface area (Å²) >= 11 is 0. The van der Waals surface area contributed by atoms with Crippen LogP contribution in [0.2, 0.25) is 0 Å². The van der Waals surface area contributed by atoms with Gasteiger partial charge in [0, 0.05) is 12.4 Å². The summed E-state index contributed by atoms with van der Waals surface area (Å²) in [6, 6.07) is 11.5. The molecule has 1 N–H and O–H groups in total. The molecule has 0 saturated carbocycles. The van der Waals surface area contributed by atoms with E-state index in [1.165, 1.54) is 0 Å². The second-order valence-corrected chi connectivity index (χ2v) is 4.63. The molecule has 2 heterocycles. The van der Waals surface area contributed by atoms with Gasteiger partial charge in [-0.25, -0.2) is 4.98 Å². The predicted octanol–water partition coefficient (Wildman–Crippen LogP) is 2.41. The second-order valence-electron chi connectivity index (χ2n) is 4.63. The number of benzene rings is 1. The summed E-state index contributed by atoms with van der Waals surface area (Å²) in [5.41, 5.74) is 2.37. The summed E-state index contributed by atoms with van der Waals surface area (Å²) in [5, 5.41) is 9.16. The third-order valence-corrected chi connectivity index (χ3v) is 3.21. The zero-order chi connectivity index (χ0) is 14.7. The molecule has 0 saturated heterocycles. The van der Waals surface area contributed by atoms with Crippen LogP contribution in [-0.4, -0.2) is 21.6 Å². The van der Waals surface area contributed by atoms with Crippen molar-refractivity contribution in [3.63, 3.8) is 0 Å². The lowest BCUT2D eigenvalue weighted by atomic mass is 10.2. The van der Waals surface area contributed by atoms with E-state index in [1.807, 2.05) is 47.0 Å². The molecule has 1 aromatic carbocycles. The molecule has 21 heavy (non-hydrogen) atoms. The van der Waals surface area contributed by atoms with Crippen LogP contribution in [0.1, 0.15) is 11.3 Å². The van der Waals surface area contributed by atoms with Gasteiger partial charge in [0.05, 0.1) is 19.4 Å².